The first-order chi connectivity index (χ1) is 8.06. The third-order valence-electron chi connectivity index (χ3n) is 2.72. The fourth-order valence-corrected chi connectivity index (χ4v) is 3.42. The van der Waals surface area contributed by atoms with Gasteiger partial charge in [-0.3, -0.25) is 0 Å². The Morgan fingerprint density at radius 1 is 1.33 bits per heavy atom. The first-order valence-corrected chi connectivity index (χ1v) is 7.11. The summed E-state index contributed by atoms with van der Waals surface area (Å²) in [5.41, 5.74) is 4.37. The molecule has 0 aliphatic heterocycles. The molecule has 0 spiro atoms. The molecule has 5 nitrogen and oxygen atoms in total. The van der Waals surface area contributed by atoms with Crippen LogP contribution in [0.3, 0.4) is 0 Å². The van der Waals surface area contributed by atoms with Crippen molar-refractivity contribution in [2.24, 2.45) is 5.73 Å². The minimum absolute atomic E-state index is 0.0441. The second-order valence-corrected chi connectivity index (χ2v) is 6.13. The van der Waals surface area contributed by atoms with Crippen molar-refractivity contribution < 1.29 is 21.6 Å². The predicted molar refractivity (Wildman–Crippen MR) is 64.1 cm³/mol. The number of halogens is 3. The van der Waals surface area contributed by atoms with Gasteiger partial charge in [0.25, 0.3) is 10.2 Å². The number of alkyl halides is 3. The Kier molecular flexibility index (Phi) is 4.57. The van der Waals surface area contributed by atoms with Crippen molar-refractivity contribution >= 4 is 27.4 Å². The molecule has 4 N–H and O–H groups in total. The van der Waals surface area contributed by atoms with Crippen LogP contribution in [0.15, 0.2) is 0 Å². The Bertz CT molecular complexity index is 416. The summed E-state index contributed by atoms with van der Waals surface area (Å²) in [5.74, 6) is 0. The van der Waals surface area contributed by atoms with E-state index in [1.54, 1.807) is 0 Å². The van der Waals surface area contributed by atoms with Gasteiger partial charge in [0.15, 0.2) is 0 Å². The Morgan fingerprint density at radius 3 is 2.22 bits per heavy atom. The van der Waals surface area contributed by atoms with Gasteiger partial charge in [0.05, 0.1) is 10.5 Å². The number of nitrogens with one attached hydrogen (secondary N) is 2. The van der Waals surface area contributed by atoms with E-state index in [1.807, 2.05) is 0 Å². The van der Waals surface area contributed by atoms with Crippen molar-refractivity contribution in [2.75, 3.05) is 6.54 Å². The van der Waals surface area contributed by atoms with Gasteiger partial charge >= 0.3 is 6.18 Å². The molecular weight excluding hydrogens is 291 g/mol. The minimum atomic E-state index is -4.61. The average Bonchev–Trinajstić information content (AvgIpc) is 2.63. The molecule has 0 saturated heterocycles. The molecule has 0 bridgehead atoms. The summed E-state index contributed by atoms with van der Waals surface area (Å²) < 4.78 is 62.4. The van der Waals surface area contributed by atoms with Crippen LogP contribution in [-0.2, 0) is 10.2 Å². The van der Waals surface area contributed by atoms with E-state index in [9.17, 15) is 21.6 Å². The third kappa shape index (κ3) is 4.34. The van der Waals surface area contributed by atoms with Crippen molar-refractivity contribution in [1.29, 1.82) is 0 Å². The Labute approximate surface area is 108 Å². The maximum atomic E-state index is 11.9. The third-order valence-corrected chi connectivity index (χ3v) is 4.30. The van der Waals surface area contributed by atoms with Crippen LogP contribution >= 0.6 is 12.2 Å². The van der Waals surface area contributed by atoms with Crippen LogP contribution in [0, 0.1) is 0 Å². The molecule has 1 fully saturated rings. The van der Waals surface area contributed by atoms with Crippen LogP contribution in [0.2, 0.25) is 0 Å². The monoisotopic (exact) mass is 305 g/mol. The van der Waals surface area contributed by atoms with Gasteiger partial charge in [-0.2, -0.15) is 31.0 Å². The molecule has 1 rings (SSSR count). The molecule has 0 aromatic rings. The van der Waals surface area contributed by atoms with E-state index in [-0.39, 0.29) is 4.99 Å². The normalized spacial score (nSPS) is 19.9. The lowest BCUT2D eigenvalue weighted by Gasteiger charge is -2.28. The van der Waals surface area contributed by atoms with Crippen molar-refractivity contribution in [3.05, 3.63) is 0 Å². The lowest BCUT2D eigenvalue weighted by atomic mass is 10.00. The van der Waals surface area contributed by atoms with Crippen molar-refractivity contribution in [3.8, 4) is 0 Å². The van der Waals surface area contributed by atoms with Crippen molar-refractivity contribution in [1.82, 2.24) is 9.44 Å². The van der Waals surface area contributed by atoms with Crippen molar-refractivity contribution in [2.45, 2.75) is 37.4 Å². The molecule has 1 aliphatic rings. The van der Waals surface area contributed by atoms with Crippen LogP contribution in [0.5, 0.6) is 0 Å². The fourth-order valence-electron chi connectivity index (χ4n) is 1.85. The first-order valence-electron chi connectivity index (χ1n) is 5.22. The van der Waals surface area contributed by atoms with E-state index in [1.165, 1.54) is 4.72 Å². The van der Waals surface area contributed by atoms with E-state index >= 15 is 0 Å². The van der Waals surface area contributed by atoms with E-state index in [2.05, 4.69) is 4.72 Å². The Balaban J connectivity index is 2.72. The maximum Gasteiger partial charge on any atom is 0.402 e. The van der Waals surface area contributed by atoms with E-state index in [0.29, 0.717) is 12.8 Å². The van der Waals surface area contributed by atoms with E-state index in [4.69, 9.17) is 18.0 Å². The first kappa shape index (κ1) is 15.6. The highest BCUT2D eigenvalue weighted by Gasteiger charge is 2.41. The second-order valence-electron chi connectivity index (χ2n) is 4.20. The van der Waals surface area contributed by atoms with Gasteiger partial charge < -0.3 is 5.73 Å². The number of hydrogen-bond acceptors (Lipinski definition) is 3. The molecular formula is C8H14F3N3O2S2. The van der Waals surface area contributed by atoms with Crippen LogP contribution in [0.4, 0.5) is 13.2 Å². The molecule has 0 heterocycles. The standard InChI is InChI=1S/C8H14F3N3O2S2/c9-8(10,11)5-13-18(15,16)14-7(6(12)17)3-1-2-4-7/h13-14H,1-5H2,(H2,12,17). The zero-order chi connectivity index (χ0) is 14.0. The van der Waals surface area contributed by atoms with E-state index < -0.39 is 28.5 Å². The summed E-state index contributed by atoms with van der Waals surface area (Å²) in [6.45, 7) is -1.63. The molecule has 0 amide bonds. The summed E-state index contributed by atoms with van der Waals surface area (Å²) in [5, 5.41) is 0. The topological polar surface area (TPSA) is 84.2 Å². The number of nitrogens with two attached hydrogens (primary N) is 1. The zero-order valence-corrected chi connectivity index (χ0v) is 11.0. The average molecular weight is 305 g/mol. The van der Waals surface area contributed by atoms with Gasteiger partial charge in [-0.25, -0.2) is 0 Å². The van der Waals surface area contributed by atoms with Gasteiger partial charge in [-0.1, -0.05) is 25.1 Å². The summed E-state index contributed by atoms with van der Waals surface area (Å²) in [6, 6.07) is 0. The Morgan fingerprint density at radius 2 is 1.83 bits per heavy atom. The van der Waals surface area contributed by atoms with Crippen LogP contribution in [0.25, 0.3) is 0 Å². The second kappa shape index (κ2) is 5.27. The summed E-state index contributed by atoms with van der Waals surface area (Å²) in [7, 11) is -4.29. The molecule has 0 unspecified atom stereocenters. The van der Waals surface area contributed by atoms with Gasteiger partial charge in [-0.05, 0) is 12.8 Å². The zero-order valence-electron chi connectivity index (χ0n) is 9.38. The molecule has 0 atom stereocenters. The van der Waals surface area contributed by atoms with Crippen LogP contribution in [0.1, 0.15) is 25.7 Å². The molecule has 0 aromatic carbocycles. The highest BCUT2D eigenvalue weighted by Crippen LogP contribution is 2.30. The number of thiocarbonyl (C=S) groups is 1. The predicted octanol–water partition coefficient (Wildman–Crippen LogP) is 0.572. The summed E-state index contributed by atoms with van der Waals surface area (Å²) in [6.07, 6.45) is -2.37. The molecule has 0 aromatic heterocycles. The summed E-state index contributed by atoms with van der Waals surface area (Å²) >= 11 is 4.79. The highest BCUT2D eigenvalue weighted by molar-refractivity contribution is 7.87. The van der Waals surface area contributed by atoms with E-state index in [0.717, 1.165) is 12.8 Å². The Hall–Kier alpha value is -0.450. The molecule has 18 heavy (non-hydrogen) atoms. The highest BCUT2D eigenvalue weighted by atomic mass is 32.2. The fraction of sp³-hybridized carbons (Fsp3) is 0.875. The molecule has 106 valence electrons. The quantitative estimate of drug-likeness (QED) is 0.649. The van der Waals surface area contributed by atoms with Gasteiger partial charge in [0, 0.05) is 0 Å². The molecule has 0 radical (unpaired) electrons. The summed E-state index contributed by atoms with van der Waals surface area (Å²) in [4.78, 5) is -0.0441. The minimum Gasteiger partial charge on any atom is -0.392 e. The van der Waals surface area contributed by atoms with Gasteiger partial charge in [-0.15, -0.1) is 0 Å². The van der Waals surface area contributed by atoms with Gasteiger partial charge in [0.2, 0.25) is 0 Å². The lowest BCUT2D eigenvalue weighted by molar-refractivity contribution is -0.121. The molecule has 10 heteroatoms. The number of hydrogen-bond donors (Lipinski definition) is 3. The van der Waals surface area contributed by atoms with Crippen molar-refractivity contribution in [3.63, 3.8) is 0 Å². The molecule has 1 saturated carbocycles. The SMILES string of the molecule is NC(=S)C1(NS(=O)(=O)NCC(F)(F)F)CCCC1. The lowest BCUT2D eigenvalue weighted by Crippen LogP contribution is -2.58. The van der Waals surface area contributed by atoms with Crippen LogP contribution < -0.4 is 15.2 Å². The number of rotatable bonds is 5. The smallest absolute Gasteiger partial charge is 0.392 e. The molecule has 1 aliphatic carbocycles. The van der Waals surface area contributed by atoms with Crippen LogP contribution in [-0.4, -0.2) is 31.7 Å². The van der Waals surface area contributed by atoms with Gasteiger partial charge in [0.1, 0.15) is 6.54 Å². The largest absolute Gasteiger partial charge is 0.402 e. The maximum absolute atomic E-state index is 11.9.